The highest BCUT2D eigenvalue weighted by Gasteiger charge is 2.07. The fourth-order valence-corrected chi connectivity index (χ4v) is 2.60. The zero-order valence-electron chi connectivity index (χ0n) is 18.2. The molecule has 0 aromatic carbocycles. The highest BCUT2D eigenvalue weighted by atomic mass is 16.5. The Kier molecular flexibility index (Phi) is 8.82. The molecule has 4 heterocycles. The van der Waals surface area contributed by atoms with E-state index in [9.17, 15) is 0 Å². The van der Waals surface area contributed by atoms with E-state index in [4.69, 9.17) is 18.0 Å². The molecule has 158 valence electrons. The molecule has 4 heteroatoms. The Morgan fingerprint density at radius 3 is 1.43 bits per heavy atom. The molecule has 1 aliphatic rings. The molecule has 4 nitrogen and oxygen atoms in total. The second-order valence-electron chi connectivity index (χ2n) is 6.86. The Morgan fingerprint density at radius 1 is 0.733 bits per heavy atom. The van der Waals surface area contributed by atoms with Crippen LogP contribution in [0.3, 0.4) is 0 Å². The van der Waals surface area contributed by atoms with Crippen molar-refractivity contribution in [3.05, 3.63) is 96.0 Å². The largest absolute Gasteiger partial charge is 0.495 e. The molecule has 0 spiro atoms. The number of hydrogen-bond acceptors (Lipinski definition) is 4. The zero-order chi connectivity index (χ0) is 21.9. The topological polar surface area (TPSA) is 48.7 Å². The molecular formula is C26H30O4. The van der Waals surface area contributed by atoms with E-state index >= 15 is 0 Å². The van der Waals surface area contributed by atoms with Crippen LogP contribution in [0.15, 0.2) is 74.6 Å². The fraction of sp³-hybridized carbons (Fsp3) is 0.231. The Balaban J connectivity index is 0.000000188. The van der Waals surface area contributed by atoms with Crippen molar-refractivity contribution in [3.8, 4) is 0 Å². The fourth-order valence-electron chi connectivity index (χ4n) is 2.60. The lowest BCUT2D eigenvalue weighted by Gasteiger charge is -2.01. The summed E-state index contributed by atoms with van der Waals surface area (Å²) in [6.07, 6.45) is 10.7. The van der Waals surface area contributed by atoms with Crippen LogP contribution in [0.5, 0.6) is 0 Å². The first kappa shape index (κ1) is 22.9. The molecule has 3 aromatic rings. The van der Waals surface area contributed by atoms with E-state index in [-0.39, 0.29) is 0 Å². The van der Waals surface area contributed by atoms with Crippen LogP contribution in [0.25, 0.3) is 24.3 Å². The predicted octanol–water partition coefficient (Wildman–Crippen LogP) is 7.92. The van der Waals surface area contributed by atoms with Crippen LogP contribution in [-0.2, 0) is 4.74 Å². The Morgan fingerprint density at radius 2 is 1.20 bits per heavy atom. The van der Waals surface area contributed by atoms with Crippen LogP contribution in [0, 0.1) is 13.8 Å². The lowest BCUT2D eigenvalue weighted by Crippen LogP contribution is -1.96. The second-order valence-corrected chi connectivity index (χ2v) is 6.86. The molecule has 30 heavy (non-hydrogen) atoms. The van der Waals surface area contributed by atoms with Gasteiger partial charge in [0.1, 0.15) is 34.6 Å². The van der Waals surface area contributed by atoms with Crippen molar-refractivity contribution in [2.45, 2.75) is 40.2 Å². The molecule has 0 N–H and O–H groups in total. The van der Waals surface area contributed by atoms with Crippen LogP contribution in [0.4, 0.5) is 0 Å². The van der Waals surface area contributed by atoms with Crippen molar-refractivity contribution >= 4 is 24.3 Å². The van der Waals surface area contributed by atoms with Crippen LogP contribution in [0.2, 0.25) is 0 Å². The summed E-state index contributed by atoms with van der Waals surface area (Å²) in [6, 6.07) is 11.4. The SMILES string of the molecule is C=Cc1ccc(/C=C\c2ccc(C=C)o2)o1.CC1=CCC(C)O1.Cc1ccc(C)o1. The summed E-state index contributed by atoms with van der Waals surface area (Å²) in [4.78, 5) is 0. The molecule has 1 atom stereocenters. The lowest BCUT2D eigenvalue weighted by atomic mass is 10.3. The van der Waals surface area contributed by atoms with Crippen molar-refractivity contribution in [1.29, 1.82) is 0 Å². The number of furan rings is 3. The van der Waals surface area contributed by atoms with Gasteiger partial charge in [-0.1, -0.05) is 13.2 Å². The van der Waals surface area contributed by atoms with E-state index in [2.05, 4.69) is 26.2 Å². The van der Waals surface area contributed by atoms with Crippen LogP contribution in [-0.4, -0.2) is 6.10 Å². The Labute approximate surface area is 178 Å². The molecule has 1 unspecified atom stereocenters. The molecular weight excluding hydrogens is 376 g/mol. The van der Waals surface area contributed by atoms with E-state index in [1.807, 2.05) is 69.3 Å². The van der Waals surface area contributed by atoms with Gasteiger partial charge in [-0.05, 0) is 94.5 Å². The Bertz CT molecular complexity index is 929. The van der Waals surface area contributed by atoms with Gasteiger partial charge in [0.05, 0.1) is 11.9 Å². The first-order valence-corrected chi connectivity index (χ1v) is 9.88. The average molecular weight is 407 g/mol. The molecule has 1 aliphatic heterocycles. The maximum atomic E-state index is 5.42. The van der Waals surface area contributed by atoms with Crippen LogP contribution in [0.1, 0.15) is 54.8 Å². The molecule has 4 rings (SSSR count). The first-order chi connectivity index (χ1) is 14.4. The molecule has 0 aliphatic carbocycles. The molecule has 0 saturated carbocycles. The highest BCUT2D eigenvalue weighted by Crippen LogP contribution is 2.15. The van der Waals surface area contributed by atoms with E-state index in [1.54, 1.807) is 12.2 Å². The van der Waals surface area contributed by atoms with Crippen molar-refractivity contribution in [2.24, 2.45) is 0 Å². The monoisotopic (exact) mass is 406 g/mol. The van der Waals surface area contributed by atoms with Gasteiger partial charge < -0.3 is 18.0 Å². The van der Waals surface area contributed by atoms with Gasteiger partial charge in [-0.15, -0.1) is 0 Å². The molecule has 0 bridgehead atoms. The molecule has 0 radical (unpaired) electrons. The lowest BCUT2D eigenvalue weighted by molar-refractivity contribution is 0.161. The molecule has 3 aromatic heterocycles. The maximum Gasteiger partial charge on any atom is 0.127 e. The van der Waals surface area contributed by atoms with Gasteiger partial charge in [0.2, 0.25) is 0 Å². The second kappa shape index (κ2) is 11.6. The summed E-state index contributed by atoms with van der Waals surface area (Å²) < 4.78 is 21.1. The van der Waals surface area contributed by atoms with Gasteiger partial charge >= 0.3 is 0 Å². The van der Waals surface area contributed by atoms with Gasteiger partial charge in [0, 0.05) is 6.42 Å². The van der Waals surface area contributed by atoms with E-state index in [0.717, 1.165) is 46.7 Å². The molecule has 0 amide bonds. The van der Waals surface area contributed by atoms with Crippen LogP contribution >= 0.6 is 0 Å². The summed E-state index contributed by atoms with van der Waals surface area (Å²) in [5, 5.41) is 0. The number of allylic oxidation sites excluding steroid dienone is 1. The summed E-state index contributed by atoms with van der Waals surface area (Å²) in [6.45, 7) is 15.2. The van der Waals surface area contributed by atoms with Crippen molar-refractivity contribution in [1.82, 2.24) is 0 Å². The minimum absolute atomic E-state index is 0.431. The summed E-state index contributed by atoms with van der Waals surface area (Å²) >= 11 is 0. The predicted molar refractivity (Wildman–Crippen MR) is 124 cm³/mol. The van der Waals surface area contributed by atoms with E-state index in [1.165, 1.54) is 0 Å². The van der Waals surface area contributed by atoms with Gasteiger partial charge in [-0.3, -0.25) is 0 Å². The van der Waals surface area contributed by atoms with Gasteiger partial charge in [0.25, 0.3) is 0 Å². The highest BCUT2D eigenvalue weighted by molar-refractivity contribution is 5.66. The van der Waals surface area contributed by atoms with E-state index in [0.29, 0.717) is 6.10 Å². The normalized spacial score (nSPS) is 14.8. The maximum absolute atomic E-state index is 5.42. The number of rotatable bonds is 4. The molecule has 0 fully saturated rings. The average Bonchev–Trinajstić information content (AvgIpc) is 3.51. The quantitative estimate of drug-likeness (QED) is 0.441. The Hall–Kier alpha value is -3.40. The number of aryl methyl sites for hydroxylation is 2. The summed E-state index contributed by atoms with van der Waals surface area (Å²) in [5.74, 6) is 6.09. The minimum Gasteiger partial charge on any atom is -0.495 e. The first-order valence-electron chi connectivity index (χ1n) is 9.88. The standard InChI is InChI=1S/C14H12O2.C6H10O.C6H8O/c1-3-11-5-7-13(15-11)9-10-14-8-6-12(4-2)16-14;2*1-5-3-4-6(2)7-5/h3-10H,1-2H2;3,6H,4H2,1-2H3;3-4H,1-2H3/b10-9-;;. The summed E-state index contributed by atoms with van der Waals surface area (Å²) in [7, 11) is 0. The van der Waals surface area contributed by atoms with Crippen molar-refractivity contribution in [3.63, 3.8) is 0 Å². The van der Waals surface area contributed by atoms with Gasteiger partial charge in [-0.2, -0.15) is 0 Å². The number of hydrogen-bond donors (Lipinski definition) is 0. The smallest absolute Gasteiger partial charge is 0.127 e. The van der Waals surface area contributed by atoms with Gasteiger partial charge in [-0.25, -0.2) is 0 Å². The minimum atomic E-state index is 0.431. The third-order valence-electron chi connectivity index (χ3n) is 4.11. The zero-order valence-corrected chi connectivity index (χ0v) is 18.2. The van der Waals surface area contributed by atoms with Gasteiger partial charge in [0.15, 0.2) is 0 Å². The summed E-state index contributed by atoms with van der Waals surface area (Å²) in [5.41, 5.74) is 0. The van der Waals surface area contributed by atoms with Crippen molar-refractivity contribution < 1.29 is 18.0 Å². The van der Waals surface area contributed by atoms with Crippen LogP contribution < -0.4 is 0 Å². The van der Waals surface area contributed by atoms with Crippen molar-refractivity contribution in [2.75, 3.05) is 0 Å². The third-order valence-corrected chi connectivity index (χ3v) is 4.11. The number of ether oxygens (including phenoxy) is 1. The molecule has 0 saturated heterocycles. The third kappa shape index (κ3) is 7.92. The van der Waals surface area contributed by atoms with E-state index < -0.39 is 0 Å².